The Kier molecular flexibility index (Phi) is 25.8. The number of aromatic amines is 1. The van der Waals surface area contributed by atoms with E-state index in [-0.39, 0.29) is 123 Å². The van der Waals surface area contributed by atoms with E-state index in [1.807, 2.05) is 69.3 Å². The first kappa shape index (κ1) is 44.4. The Bertz CT molecular complexity index is 1060. The summed E-state index contributed by atoms with van der Waals surface area (Å²) in [5.41, 5.74) is 3.71. The van der Waals surface area contributed by atoms with Crippen LogP contribution in [0.1, 0.15) is 45.6 Å². The van der Waals surface area contributed by atoms with Crippen molar-refractivity contribution in [3.8, 4) is 22.5 Å². The number of aliphatic carboxylic acids is 1. The quantitative estimate of drug-likeness (QED) is 0.319. The summed E-state index contributed by atoms with van der Waals surface area (Å²) < 4.78 is 0. The van der Waals surface area contributed by atoms with Crippen LogP contribution < -0.4 is 0 Å². The molecule has 0 bridgehead atoms. The first-order valence-electron chi connectivity index (χ1n) is 10.9. The van der Waals surface area contributed by atoms with Crippen LogP contribution in [0, 0.1) is 5.92 Å². The summed E-state index contributed by atoms with van der Waals surface area (Å²) in [6.07, 6.45) is 1.98. The molecular weight excluding hydrogens is 523 g/mol. The summed E-state index contributed by atoms with van der Waals surface area (Å²) in [5, 5.41) is 23.9. The number of aromatic nitrogens is 4. The molecule has 0 aliphatic rings. The minimum atomic E-state index is -0.976. The second-order valence-corrected chi connectivity index (χ2v) is 8.14. The fourth-order valence-corrected chi connectivity index (χ4v) is 3.79. The maximum absolute atomic E-state index is 12.9. The zero-order valence-electron chi connectivity index (χ0n) is 20.2. The van der Waals surface area contributed by atoms with E-state index in [9.17, 15) is 14.7 Å². The van der Waals surface area contributed by atoms with E-state index in [0.717, 1.165) is 35.1 Å². The van der Waals surface area contributed by atoms with E-state index < -0.39 is 12.0 Å². The third kappa shape index (κ3) is 11.8. The van der Waals surface area contributed by atoms with Crippen molar-refractivity contribution in [1.29, 1.82) is 0 Å². The molecule has 0 radical (unpaired) electrons. The molecule has 0 saturated heterocycles. The number of hydrogen-bond donors (Lipinski definition) is 2. The second-order valence-electron chi connectivity index (χ2n) is 8.14. The standard InChI is InChI=1S/C24H29N5O3.3Na.3H2O.3H/c1-4-5-10-21(30)29(22(16(2)3)24(31)32)15-17-11-13-18(14-12-17)19-8-6-7-9-20(19)23-25-27-28-26-23;;;;;;;;;/h6-9,11-14,16,22H,4-5,10,15H2,1-3H3,(H,31,32)(H,25,26,27,28);;;;3*1H2;;;/t22-;;;;;;;;;/m0........./s1. The number of carbonyl (C=O) groups excluding carboxylic acids is 1. The molecule has 3 aromatic rings. The van der Waals surface area contributed by atoms with Crippen LogP contribution in [-0.4, -0.2) is 154 Å². The Morgan fingerprint density at radius 2 is 1.53 bits per heavy atom. The van der Waals surface area contributed by atoms with Crippen LogP contribution in [0.5, 0.6) is 0 Å². The van der Waals surface area contributed by atoms with Gasteiger partial charge in [0.05, 0.1) is 0 Å². The van der Waals surface area contributed by atoms with Crippen LogP contribution in [-0.2, 0) is 16.1 Å². The molecule has 1 heterocycles. The molecule has 0 fully saturated rings. The molecule has 0 spiro atoms. The number of carbonyl (C=O) groups is 2. The summed E-state index contributed by atoms with van der Waals surface area (Å²) in [7, 11) is 0. The average molecular weight is 562 g/mol. The number of unbranched alkanes of at least 4 members (excludes halogenated alkanes) is 1. The number of benzene rings is 2. The van der Waals surface area contributed by atoms with Crippen LogP contribution >= 0.6 is 0 Å². The van der Waals surface area contributed by atoms with Crippen molar-refractivity contribution in [3.05, 3.63) is 54.1 Å². The molecule has 38 heavy (non-hydrogen) atoms. The summed E-state index contributed by atoms with van der Waals surface area (Å²) in [4.78, 5) is 26.3. The number of rotatable bonds is 10. The summed E-state index contributed by atoms with van der Waals surface area (Å²) >= 11 is 0. The van der Waals surface area contributed by atoms with E-state index in [1.165, 1.54) is 4.90 Å². The van der Waals surface area contributed by atoms with Gasteiger partial charge in [-0.3, -0.25) is 4.79 Å². The van der Waals surface area contributed by atoms with Crippen molar-refractivity contribution in [2.45, 2.75) is 52.6 Å². The van der Waals surface area contributed by atoms with Gasteiger partial charge in [0, 0.05) is 18.5 Å². The van der Waals surface area contributed by atoms with Crippen LogP contribution in [0.15, 0.2) is 48.5 Å². The van der Waals surface area contributed by atoms with Gasteiger partial charge in [0.25, 0.3) is 0 Å². The molecule has 198 valence electrons. The third-order valence-electron chi connectivity index (χ3n) is 5.43. The van der Waals surface area contributed by atoms with Gasteiger partial charge in [-0.1, -0.05) is 75.7 Å². The average Bonchev–Trinajstić information content (AvgIpc) is 3.32. The molecule has 0 aliphatic carbocycles. The molecule has 2 aromatic carbocycles. The van der Waals surface area contributed by atoms with Gasteiger partial charge in [-0.25, -0.2) is 9.89 Å². The van der Waals surface area contributed by atoms with Crippen molar-refractivity contribution in [1.82, 2.24) is 25.5 Å². The molecule has 0 aliphatic heterocycles. The molecule has 11 nitrogen and oxygen atoms in total. The van der Waals surface area contributed by atoms with Gasteiger partial charge in [0.1, 0.15) is 6.04 Å². The zero-order valence-corrected chi connectivity index (χ0v) is 20.2. The van der Waals surface area contributed by atoms with Gasteiger partial charge < -0.3 is 26.4 Å². The molecule has 3 rings (SSSR count). The molecule has 1 amide bonds. The van der Waals surface area contributed by atoms with E-state index in [1.54, 1.807) is 0 Å². The summed E-state index contributed by atoms with van der Waals surface area (Å²) in [6.45, 7) is 5.93. The zero-order chi connectivity index (χ0) is 23.1. The normalized spacial score (nSPS) is 10.1. The fraction of sp³-hybridized carbons (Fsp3) is 0.375. The monoisotopic (exact) mass is 561 g/mol. The Hall–Kier alpha value is -0.670. The van der Waals surface area contributed by atoms with Crippen molar-refractivity contribution >= 4 is 101 Å². The Balaban J connectivity index is -0.000000963. The van der Waals surface area contributed by atoms with Crippen molar-refractivity contribution in [2.75, 3.05) is 0 Å². The van der Waals surface area contributed by atoms with Crippen LogP contribution in [0.3, 0.4) is 0 Å². The predicted molar refractivity (Wildman–Crippen MR) is 154 cm³/mol. The van der Waals surface area contributed by atoms with Crippen LogP contribution in [0.2, 0.25) is 0 Å². The number of hydrogen-bond acceptors (Lipinski definition) is 5. The van der Waals surface area contributed by atoms with Gasteiger partial charge in [-0.05, 0) is 39.5 Å². The van der Waals surface area contributed by atoms with Gasteiger partial charge in [-0.2, -0.15) is 0 Å². The topological polar surface area (TPSA) is 207 Å². The van der Waals surface area contributed by atoms with Gasteiger partial charge in [0.2, 0.25) is 5.91 Å². The molecule has 1 atom stereocenters. The number of carboxylic acids is 1. The molecule has 14 heteroatoms. The van der Waals surface area contributed by atoms with Gasteiger partial charge in [-0.15, -0.1) is 5.10 Å². The number of nitrogens with zero attached hydrogens (tertiary/aromatic N) is 4. The Labute approximate surface area is 289 Å². The van der Waals surface area contributed by atoms with Crippen LogP contribution in [0.25, 0.3) is 22.5 Å². The Morgan fingerprint density at radius 3 is 2.00 bits per heavy atom. The van der Waals surface area contributed by atoms with E-state index in [2.05, 4.69) is 20.6 Å². The number of tetrazole rings is 1. The Morgan fingerprint density at radius 1 is 0.947 bits per heavy atom. The summed E-state index contributed by atoms with van der Waals surface area (Å²) in [5.74, 6) is -0.713. The first-order valence-corrected chi connectivity index (χ1v) is 10.9. The third-order valence-corrected chi connectivity index (χ3v) is 5.43. The molecule has 1 aromatic heterocycles. The van der Waals surface area contributed by atoms with Crippen molar-refractivity contribution in [2.24, 2.45) is 5.92 Å². The van der Waals surface area contributed by atoms with Crippen molar-refractivity contribution < 1.29 is 31.1 Å². The van der Waals surface area contributed by atoms with Gasteiger partial charge >= 0.3 is 94.6 Å². The molecular formula is C24H38N5Na3O6. The minimum absolute atomic E-state index is 0. The van der Waals surface area contributed by atoms with E-state index in [0.29, 0.717) is 12.2 Å². The number of carboxylic acid groups (broad SMARTS) is 1. The predicted octanol–water partition coefficient (Wildman–Crippen LogP) is -0.258. The maximum atomic E-state index is 12.9. The molecule has 0 saturated carbocycles. The number of amides is 1. The number of H-pyrrole nitrogens is 1. The van der Waals surface area contributed by atoms with Crippen molar-refractivity contribution in [3.63, 3.8) is 0 Å². The molecule has 8 N–H and O–H groups in total. The second kappa shape index (κ2) is 22.1. The molecule has 0 unspecified atom stereocenters. The van der Waals surface area contributed by atoms with Crippen LogP contribution in [0.4, 0.5) is 0 Å². The number of nitrogens with one attached hydrogen (secondary N) is 1. The van der Waals surface area contributed by atoms with E-state index >= 15 is 0 Å². The first-order chi connectivity index (χ1) is 15.4. The summed E-state index contributed by atoms with van der Waals surface area (Å²) in [6, 6.07) is 14.8. The van der Waals surface area contributed by atoms with E-state index in [4.69, 9.17) is 0 Å². The SMILES string of the molecule is CCCCC(=O)N(Cc1ccc(-c2ccccc2-c2nnn[nH]2)cc1)[C@H](C(=O)O)C(C)C.O.O.O.[NaH].[NaH].[NaH]. The fourth-order valence-electron chi connectivity index (χ4n) is 3.79. The van der Waals surface area contributed by atoms with Gasteiger partial charge in [0.15, 0.2) is 5.82 Å².